The van der Waals surface area contributed by atoms with E-state index in [-0.39, 0.29) is 29.5 Å². The zero-order valence-corrected chi connectivity index (χ0v) is 16.4. The van der Waals surface area contributed by atoms with Gasteiger partial charge in [0.2, 0.25) is 10.0 Å². The normalized spacial score (nSPS) is 19.4. The van der Waals surface area contributed by atoms with E-state index in [0.29, 0.717) is 6.54 Å². The van der Waals surface area contributed by atoms with Gasteiger partial charge in [0.25, 0.3) is 5.91 Å². The van der Waals surface area contributed by atoms with Crippen LogP contribution in [0.15, 0.2) is 29.2 Å². The highest BCUT2D eigenvalue weighted by Crippen LogP contribution is 2.25. The molecule has 2 unspecified atom stereocenters. The first-order valence-electron chi connectivity index (χ1n) is 8.92. The minimum Gasteiger partial charge on any atom is -0.480 e. The van der Waals surface area contributed by atoms with Gasteiger partial charge in [-0.05, 0) is 44.0 Å². The number of rotatable bonds is 8. The molecule has 1 saturated heterocycles. The number of amides is 1. The molecule has 1 aromatic carbocycles. The molecule has 1 aromatic rings. The topological polar surface area (TPSA) is 113 Å². The Kier molecular flexibility index (Phi) is 7.34. The average molecular weight is 398 g/mol. The number of nitrogens with zero attached hydrogens (tertiary/aromatic N) is 1. The first kappa shape index (κ1) is 21.3. The Morgan fingerprint density at radius 2 is 1.96 bits per heavy atom. The fourth-order valence-electron chi connectivity index (χ4n) is 3.08. The van der Waals surface area contributed by atoms with Crippen LogP contribution in [0.2, 0.25) is 0 Å². The van der Waals surface area contributed by atoms with E-state index in [1.807, 2.05) is 6.92 Å². The molecule has 1 aliphatic rings. The van der Waals surface area contributed by atoms with E-state index < -0.39 is 27.9 Å². The summed E-state index contributed by atoms with van der Waals surface area (Å²) in [6.07, 6.45) is 2.82. The SMILES string of the molecule is COCCC(NC(=O)c1ccc(S(=O)(=O)N2CCCCC2C)cc1)C(=O)O. The van der Waals surface area contributed by atoms with Crippen LogP contribution in [0.4, 0.5) is 0 Å². The molecule has 8 nitrogen and oxygen atoms in total. The van der Waals surface area contributed by atoms with E-state index in [1.165, 1.54) is 35.7 Å². The van der Waals surface area contributed by atoms with E-state index in [0.717, 1.165) is 19.3 Å². The van der Waals surface area contributed by atoms with Crippen molar-refractivity contribution in [3.05, 3.63) is 29.8 Å². The van der Waals surface area contributed by atoms with E-state index in [9.17, 15) is 18.0 Å². The van der Waals surface area contributed by atoms with Crippen molar-refractivity contribution >= 4 is 21.9 Å². The summed E-state index contributed by atoms with van der Waals surface area (Å²) in [4.78, 5) is 23.6. The summed E-state index contributed by atoms with van der Waals surface area (Å²) < 4.78 is 31.9. The summed E-state index contributed by atoms with van der Waals surface area (Å²) in [5.74, 6) is -1.73. The molecule has 2 N–H and O–H groups in total. The molecule has 150 valence electrons. The zero-order chi connectivity index (χ0) is 20.0. The molecule has 27 heavy (non-hydrogen) atoms. The second kappa shape index (κ2) is 9.29. The summed E-state index contributed by atoms with van der Waals surface area (Å²) in [6.45, 7) is 2.58. The van der Waals surface area contributed by atoms with Crippen LogP contribution >= 0.6 is 0 Å². The van der Waals surface area contributed by atoms with Crippen molar-refractivity contribution in [2.24, 2.45) is 0 Å². The van der Waals surface area contributed by atoms with Crippen LogP contribution in [0.3, 0.4) is 0 Å². The Balaban J connectivity index is 2.11. The Hall–Kier alpha value is -1.97. The Morgan fingerprint density at radius 3 is 2.52 bits per heavy atom. The number of hydrogen-bond acceptors (Lipinski definition) is 5. The van der Waals surface area contributed by atoms with Crippen LogP contribution < -0.4 is 5.32 Å². The molecule has 0 spiro atoms. The first-order chi connectivity index (χ1) is 12.8. The molecular formula is C18H26N2O6S. The number of ether oxygens (including phenoxy) is 1. The lowest BCUT2D eigenvalue weighted by Crippen LogP contribution is -2.42. The molecule has 0 aromatic heterocycles. The number of benzene rings is 1. The number of hydrogen-bond donors (Lipinski definition) is 2. The van der Waals surface area contributed by atoms with Gasteiger partial charge in [-0.3, -0.25) is 4.79 Å². The number of carboxylic acids is 1. The number of carbonyl (C=O) groups is 2. The van der Waals surface area contributed by atoms with Crippen molar-refractivity contribution in [2.75, 3.05) is 20.3 Å². The smallest absolute Gasteiger partial charge is 0.326 e. The fraction of sp³-hybridized carbons (Fsp3) is 0.556. The molecular weight excluding hydrogens is 372 g/mol. The third-order valence-electron chi connectivity index (χ3n) is 4.68. The van der Waals surface area contributed by atoms with E-state index in [2.05, 4.69) is 5.32 Å². The second-order valence-electron chi connectivity index (χ2n) is 6.63. The van der Waals surface area contributed by atoms with Gasteiger partial charge in [-0.25, -0.2) is 13.2 Å². The lowest BCUT2D eigenvalue weighted by molar-refractivity contribution is -0.139. The van der Waals surface area contributed by atoms with Gasteiger partial charge in [0.1, 0.15) is 6.04 Å². The summed E-state index contributed by atoms with van der Waals surface area (Å²) in [5, 5.41) is 11.6. The predicted octanol–water partition coefficient (Wildman–Crippen LogP) is 1.47. The number of piperidine rings is 1. The molecule has 1 aliphatic heterocycles. The maximum absolute atomic E-state index is 12.8. The number of nitrogens with one attached hydrogen (secondary N) is 1. The molecule has 2 rings (SSSR count). The molecule has 1 heterocycles. The molecule has 0 radical (unpaired) electrons. The largest absolute Gasteiger partial charge is 0.480 e. The summed E-state index contributed by atoms with van der Waals surface area (Å²) >= 11 is 0. The molecule has 1 fully saturated rings. The van der Waals surface area contributed by atoms with Crippen molar-refractivity contribution in [2.45, 2.75) is 49.6 Å². The van der Waals surface area contributed by atoms with Crippen LogP contribution in [-0.4, -0.2) is 62.1 Å². The van der Waals surface area contributed by atoms with Gasteiger partial charge >= 0.3 is 5.97 Å². The van der Waals surface area contributed by atoms with Crippen molar-refractivity contribution in [1.82, 2.24) is 9.62 Å². The predicted molar refractivity (Wildman–Crippen MR) is 99.0 cm³/mol. The molecule has 0 aliphatic carbocycles. The molecule has 9 heteroatoms. The van der Waals surface area contributed by atoms with E-state index in [4.69, 9.17) is 9.84 Å². The van der Waals surface area contributed by atoms with E-state index >= 15 is 0 Å². The van der Waals surface area contributed by atoms with Crippen molar-refractivity contribution < 1.29 is 27.9 Å². The van der Waals surface area contributed by atoms with Gasteiger partial charge < -0.3 is 15.2 Å². The Labute approximate surface area is 159 Å². The lowest BCUT2D eigenvalue weighted by Gasteiger charge is -2.32. The van der Waals surface area contributed by atoms with Gasteiger partial charge in [-0.2, -0.15) is 4.31 Å². The maximum atomic E-state index is 12.8. The van der Waals surface area contributed by atoms with Gasteiger partial charge in [0.15, 0.2) is 0 Å². The lowest BCUT2D eigenvalue weighted by atomic mass is 10.1. The van der Waals surface area contributed by atoms with Crippen LogP contribution in [-0.2, 0) is 19.6 Å². The average Bonchev–Trinajstić information content (AvgIpc) is 2.65. The molecule has 0 saturated carbocycles. The first-order valence-corrected chi connectivity index (χ1v) is 10.4. The minimum atomic E-state index is -3.61. The third kappa shape index (κ3) is 5.27. The van der Waals surface area contributed by atoms with Crippen LogP contribution in [0.1, 0.15) is 43.0 Å². The number of sulfonamides is 1. The van der Waals surface area contributed by atoms with Gasteiger partial charge in [0, 0.05) is 38.3 Å². The van der Waals surface area contributed by atoms with Gasteiger partial charge in [-0.15, -0.1) is 0 Å². The summed E-state index contributed by atoms with van der Waals surface area (Å²) in [5.41, 5.74) is 0.198. The summed E-state index contributed by atoms with van der Waals surface area (Å²) in [7, 11) is -2.16. The second-order valence-corrected chi connectivity index (χ2v) is 8.52. The Morgan fingerprint density at radius 1 is 1.30 bits per heavy atom. The van der Waals surface area contributed by atoms with Crippen molar-refractivity contribution in [1.29, 1.82) is 0 Å². The van der Waals surface area contributed by atoms with Crippen LogP contribution in [0.5, 0.6) is 0 Å². The van der Waals surface area contributed by atoms with E-state index in [1.54, 1.807) is 0 Å². The maximum Gasteiger partial charge on any atom is 0.326 e. The summed E-state index contributed by atoms with van der Waals surface area (Å²) in [6, 6.07) is 4.43. The highest BCUT2D eigenvalue weighted by Gasteiger charge is 2.31. The standard InChI is InChI=1S/C18H26N2O6S/c1-13-5-3-4-11-20(13)27(24,25)15-8-6-14(7-9-15)17(21)19-16(18(22)23)10-12-26-2/h6-9,13,16H,3-5,10-12H2,1-2H3,(H,19,21)(H,22,23). The monoisotopic (exact) mass is 398 g/mol. The van der Waals surface area contributed by atoms with Gasteiger partial charge in [0.05, 0.1) is 4.90 Å². The molecule has 1 amide bonds. The quantitative estimate of drug-likeness (QED) is 0.686. The van der Waals surface area contributed by atoms with Crippen LogP contribution in [0.25, 0.3) is 0 Å². The highest BCUT2D eigenvalue weighted by atomic mass is 32.2. The number of carboxylic acid groups (broad SMARTS) is 1. The van der Waals surface area contributed by atoms with Crippen LogP contribution in [0, 0.1) is 0 Å². The molecule has 0 bridgehead atoms. The van der Waals surface area contributed by atoms with Gasteiger partial charge in [-0.1, -0.05) is 6.42 Å². The van der Waals surface area contributed by atoms with Crippen molar-refractivity contribution in [3.8, 4) is 0 Å². The fourth-order valence-corrected chi connectivity index (χ4v) is 4.78. The zero-order valence-electron chi connectivity index (χ0n) is 15.6. The Bertz CT molecular complexity index is 763. The third-order valence-corrected chi connectivity index (χ3v) is 6.71. The van der Waals surface area contributed by atoms with Crippen molar-refractivity contribution in [3.63, 3.8) is 0 Å². The highest BCUT2D eigenvalue weighted by molar-refractivity contribution is 7.89. The molecule has 2 atom stereocenters. The number of aliphatic carboxylic acids is 1. The number of methoxy groups -OCH3 is 1. The number of carbonyl (C=O) groups excluding carboxylic acids is 1. The minimum absolute atomic E-state index is 0.0520.